The maximum absolute atomic E-state index is 12.4. The predicted molar refractivity (Wildman–Crippen MR) is 68.8 cm³/mol. The average Bonchev–Trinajstić information content (AvgIpc) is 2.32. The molecule has 1 unspecified atom stereocenters. The third kappa shape index (κ3) is 2.47. The molecular weight excluding hydrogens is 250 g/mol. The van der Waals surface area contributed by atoms with Gasteiger partial charge in [-0.1, -0.05) is 17.7 Å². The van der Waals surface area contributed by atoms with Gasteiger partial charge in [0.15, 0.2) is 0 Å². The molecule has 1 heterocycles. The van der Waals surface area contributed by atoms with E-state index in [9.17, 15) is 13.2 Å². The molecule has 4 nitrogen and oxygen atoms in total. The van der Waals surface area contributed by atoms with E-state index < -0.39 is 10.0 Å². The first-order chi connectivity index (χ1) is 8.41. The fourth-order valence-corrected chi connectivity index (χ4v) is 3.73. The van der Waals surface area contributed by atoms with Crippen molar-refractivity contribution < 1.29 is 13.2 Å². The molecule has 0 amide bonds. The zero-order valence-corrected chi connectivity index (χ0v) is 11.4. The Kier molecular flexibility index (Phi) is 3.54. The van der Waals surface area contributed by atoms with Crippen molar-refractivity contribution in [3.63, 3.8) is 0 Å². The molecule has 0 bridgehead atoms. The first-order valence-corrected chi connectivity index (χ1v) is 7.45. The van der Waals surface area contributed by atoms with Crippen LogP contribution in [0.5, 0.6) is 0 Å². The molecule has 1 aromatic rings. The molecule has 0 spiro atoms. The molecule has 0 radical (unpaired) electrons. The molecular formula is C13H17NO3S. The van der Waals surface area contributed by atoms with E-state index in [-0.39, 0.29) is 23.3 Å². The lowest BCUT2D eigenvalue weighted by Gasteiger charge is -2.31. The van der Waals surface area contributed by atoms with Crippen LogP contribution in [0.15, 0.2) is 29.2 Å². The van der Waals surface area contributed by atoms with E-state index in [1.54, 1.807) is 24.3 Å². The summed E-state index contributed by atoms with van der Waals surface area (Å²) < 4.78 is 26.2. The number of benzene rings is 1. The summed E-state index contributed by atoms with van der Waals surface area (Å²) in [6.45, 7) is 3.75. The van der Waals surface area contributed by atoms with E-state index in [1.807, 2.05) is 13.8 Å². The summed E-state index contributed by atoms with van der Waals surface area (Å²) in [4.78, 5) is 11.7. The Bertz CT molecular complexity index is 548. The van der Waals surface area contributed by atoms with E-state index >= 15 is 0 Å². The number of sulfonamides is 1. The van der Waals surface area contributed by atoms with Crippen molar-refractivity contribution in [2.45, 2.75) is 37.6 Å². The predicted octanol–water partition coefficient (Wildman–Crippen LogP) is 1.74. The van der Waals surface area contributed by atoms with Crippen molar-refractivity contribution in [2.24, 2.45) is 0 Å². The van der Waals surface area contributed by atoms with Crippen molar-refractivity contribution in [3.8, 4) is 0 Å². The highest BCUT2D eigenvalue weighted by molar-refractivity contribution is 7.89. The van der Waals surface area contributed by atoms with E-state index in [4.69, 9.17) is 0 Å². The van der Waals surface area contributed by atoms with Crippen molar-refractivity contribution in [3.05, 3.63) is 29.8 Å². The Morgan fingerprint density at radius 1 is 1.22 bits per heavy atom. The van der Waals surface area contributed by atoms with Gasteiger partial charge in [-0.25, -0.2) is 8.42 Å². The minimum Gasteiger partial charge on any atom is -0.298 e. The molecule has 1 aliphatic heterocycles. The SMILES string of the molecule is Cc1ccc(S(=O)(=O)N2CC(=O)CCC2C)cc1. The third-order valence-electron chi connectivity index (χ3n) is 3.29. The lowest BCUT2D eigenvalue weighted by atomic mass is 10.1. The molecule has 5 heteroatoms. The highest BCUT2D eigenvalue weighted by Gasteiger charge is 2.33. The molecule has 1 atom stereocenters. The van der Waals surface area contributed by atoms with Crippen LogP contribution in [-0.4, -0.2) is 31.1 Å². The second kappa shape index (κ2) is 4.82. The standard InChI is InChI=1S/C13H17NO3S/c1-10-3-7-13(8-4-10)18(16,17)14-9-12(15)6-5-11(14)2/h3-4,7-8,11H,5-6,9H2,1-2H3. The molecule has 18 heavy (non-hydrogen) atoms. The zero-order chi connectivity index (χ0) is 13.3. The van der Waals surface area contributed by atoms with Gasteiger partial charge in [-0.15, -0.1) is 0 Å². The van der Waals surface area contributed by atoms with Gasteiger partial charge in [0, 0.05) is 12.5 Å². The van der Waals surface area contributed by atoms with Crippen LogP contribution < -0.4 is 0 Å². The largest absolute Gasteiger partial charge is 0.298 e. The number of rotatable bonds is 2. The summed E-state index contributed by atoms with van der Waals surface area (Å²) in [5.74, 6) is -0.0104. The highest BCUT2D eigenvalue weighted by atomic mass is 32.2. The summed E-state index contributed by atoms with van der Waals surface area (Å²) in [5.41, 5.74) is 1.01. The smallest absolute Gasteiger partial charge is 0.243 e. The second-order valence-corrected chi connectivity index (χ2v) is 6.68. The van der Waals surface area contributed by atoms with Crippen LogP contribution in [0.2, 0.25) is 0 Å². The summed E-state index contributed by atoms with van der Waals surface area (Å²) in [7, 11) is -3.55. The van der Waals surface area contributed by atoms with Crippen molar-refractivity contribution in [1.82, 2.24) is 4.31 Å². The van der Waals surface area contributed by atoms with Crippen LogP contribution in [0, 0.1) is 6.92 Å². The molecule has 1 fully saturated rings. The third-order valence-corrected chi connectivity index (χ3v) is 5.27. The topological polar surface area (TPSA) is 54.5 Å². The number of ketones is 1. The fraction of sp³-hybridized carbons (Fsp3) is 0.462. The summed E-state index contributed by atoms with van der Waals surface area (Å²) >= 11 is 0. The van der Waals surface area contributed by atoms with Gasteiger partial charge in [-0.3, -0.25) is 4.79 Å². The van der Waals surface area contributed by atoms with Crippen LogP contribution in [0.25, 0.3) is 0 Å². The van der Waals surface area contributed by atoms with Crippen molar-refractivity contribution in [1.29, 1.82) is 0 Å². The number of carbonyl (C=O) groups is 1. The Balaban J connectivity index is 2.35. The minimum absolute atomic E-state index is 0.00260. The van der Waals surface area contributed by atoms with Gasteiger partial charge >= 0.3 is 0 Å². The Labute approximate surface area is 108 Å². The minimum atomic E-state index is -3.55. The lowest BCUT2D eigenvalue weighted by Crippen LogP contribution is -2.45. The first kappa shape index (κ1) is 13.2. The molecule has 0 aliphatic carbocycles. The van der Waals surface area contributed by atoms with Gasteiger partial charge < -0.3 is 0 Å². The van der Waals surface area contributed by atoms with Gasteiger partial charge in [0.25, 0.3) is 0 Å². The fourth-order valence-electron chi connectivity index (χ4n) is 2.09. The van der Waals surface area contributed by atoms with Crippen LogP contribution in [0.4, 0.5) is 0 Å². The number of hydrogen-bond donors (Lipinski definition) is 0. The van der Waals surface area contributed by atoms with Gasteiger partial charge in [0.2, 0.25) is 10.0 Å². The lowest BCUT2D eigenvalue weighted by molar-refractivity contribution is -0.121. The number of aryl methyl sites for hydroxylation is 1. The number of hydrogen-bond acceptors (Lipinski definition) is 3. The molecule has 2 rings (SSSR count). The monoisotopic (exact) mass is 267 g/mol. The van der Waals surface area contributed by atoms with Crippen LogP contribution in [0.3, 0.4) is 0 Å². The number of carbonyl (C=O) groups excluding carboxylic acids is 1. The first-order valence-electron chi connectivity index (χ1n) is 6.01. The van der Waals surface area contributed by atoms with Crippen LogP contribution in [-0.2, 0) is 14.8 Å². The Hall–Kier alpha value is -1.20. The van der Waals surface area contributed by atoms with Gasteiger partial charge in [0.05, 0.1) is 11.4 Å². The van der Waals surface area contributed by atoms with E-state index in [2.05, 4.69) is 0 Å². The van der Waals surface area contributed by atoms with Crippen LogP contribution in [0.1, 0.15) is 25.3 Å². The van der Waals surface area contributed by atoms with E-state index in [0.29, 0.717) is 12.8 Å². The quantitative estimate of drug-likeness (QED) is 0.820. The molecule has 1 aromatic carbocycles. The number of piperidine rings is 1. The summed E-state index contributed by atoms with van der Waals surface area (Å²) in [6, 6.07) is 6.61. The zero-order valence-electron chi connectivity index (χ0n) is 10.6. The van der Waals surface area contributed by atoms with E-state index in [1.165, 1.54) is 4.31 Å². The van der Waals surface area contributed by atoms with Crippen molar-refractivity contribution in [2.75, 3.05) is 6.54 Å². The Morgan fingerprint density at radius 3 is 2.44 bits per heavy atom. The molecule has 1 saturated heterocycles. The number of nitrogens with zero attached hydrogens (tertiary/aromatic N) is 1. The van der Waals surface area contributed by atoms with Gasteiger partial charge in [-0.05, 0) is 32.4 Å². The highest BCUT2D eigenvalue weighted by Crippen LogP contribution is 2.23. The summed E-state index contributed by atoms with van der Waals surface area (Å²) in [5, 5.41) is 0. The normalized spacial score (nSPS) is 22.1. The number of Topliss-reactive ketones (excluding diaryl/α,β-unsaturated/α-hetero) is 1. The molecule has 0 saturated carbocycles. The van der Waals surface area contributed by atoms with Crippen molar-refractivity contribution >= 4 is 15.8 Å². The molecule has 98 valence electrons. The van der Waals surface area contributed by atoms with Gasteiger partial charge in [-0.2, -0.15) is 4.31 Å². The summed E-state index contributed by atoms with van der Waals surface area (Å²) in [6.07, 6.45) is 1.07. The van der Waals surface area contributed by atoms with Gasteiger partial charge in [0.1, 0.15) is 5.78 Å². The molecule has 0 N–H and O–H groups in total. The molecule has 1 aliphatic rings. The van der Waals surface area contributed by atoms with Crippen LogP contribution >= 0.6 is 0 Å². The molecule has 0 aromatic heterocycles. The Morgan fingerprint density at radius 2 is 1.83 bits per heavy atom. The van der Waals surface area contributed by atoms with E-state index in [0.717, 1.165) is 5.56 Å². The maximum atomic E-state index is 12.4. The average molecular weight is 267 g/mol. The second-order valence-electron chi connectivity index (χ2n) is 4.79. The maximum Gasteiger partial charge on any atom is 0.243 e.